The van der Waals surface area contributed by atoms with Gasteiger partial charge in [-0.15, -0.1) is 10.2 Å². The highest BCUT2D eigenvalue weighted by Gasteiger charge is 2.11. The number of aromatic nitrogens is 3. The van der Waals surface area contributed by atoms with Crippen LogP contribution in [0.1, 0.15) is 30.3 Å². The number of hydrogen-bond donors (Lipinski definition) is 0. The van der Waals surface area contributed by atoms with Gasteiger partial charge < -0.3 is 0 Å². The van der Waals surface area contributed by atoms with Crippen molar-refractivity contribution in [3.63, 3.8) is 0 Å². The Labute approximate surface area is 170 Å². The molecule has 0 atom stereocenters. The maximum atomic E-state index is 5.94. The van der Waals surface area contributed by atoms with Crippen LogP contribution >= 0.6 is 39.3 Å². The van der Waals surface area contributed by atoms with E-state index in [0.29, 0.717) is 5.02 Å². The van der Waals surface area contributed by atoms with Crippen molar-refractivity contribution in [1.29, 1.82) is 0 Å². The number of hydrogen-bond acceptors (Lipinski definition) is 4. The van der Waals surface area contributed by atoms with E-state index in [1.807, 2.05) is 47.3 Å². The first-order chi connectivity index (χ1) is 12.7. The van der Waals surface area contributed by atoms with E-state index in [-0.39, 0.29) is 0 Å². The van der Waals surface area contributed by atoms with Crippen LogP contribution in [-0.4, -0.2) is 21.1 Å². The zero-order valence-electron chi connectivity index (χ0n) is 14.3. The molecule has 0 aliphatic rings. The van der Waals surface area contributed by atoms with Crippen molar-refractivity contribution in [2.75, 3.05) is 0 Å². The molecule has 0 N–H and O–H groups in total. The molecular weight excluding hydrogens is 432 g/mol. The highest BCUT2D eigenvalue weighted by atomic mass is 79.9. The molecule has 0 radical (unpaired) electrons. The third-order valence-electron chi connectivity index (χ3n) is 3.62. The Morgan fingerprint density at radius 1 is 1.12 bits per heavy atom. The molecule has 1 aromatic heterocycles. The lowest BCUT2D eigenvalue weighted by Gasteiger charge is -2.04. The van der Waals surface area contributed by atoms with Crippen LogP contribution in [0.3, 0.4) is 0 Å². The number of thioether (sulfide) groups is 1. The van der Waals surface area contributed by atoms with Gasteiger partial charge in [-0.2, -0.15) is 9.78 Å². The second kappa shape index (κ2) is 9.35. The molecule has 2 aromatic carbocycles. The quantitative estimate of drug-likeness (QED) is 0.337. The van der Waals surface area contributed by atoms with Gasteiger partial charge in [-0.3, -0.25) is 0 Å². The van der Waals surface area contributed by atoms with Crippen molar-refractivity contribution < 1.29 is 0 Å². The Kier molecular flexibility index (Phi) is 6.88. The minimum atomic E-state index is 0.712. The van der Waals surface area contributed by atoms with E-state index >= 15 is 0 Å². The Morgan fingerprint density at radius 3 is 2.54 bits per heavy atom. The van der Waals surface area contributed by atoms with Gasteiger partial charge in [0, 0.05) is 21.7 Å². The summed E-state index contributed by atoms with van der Waals surface area (Å²) in [6, 6.07) is 15.9. The molecule has 0 unspecified atom stereocenters. The molecule has 0 aliphatic heterocycles. The molecule has 0 bridgehead atoms. The van der Waals surface area contributed by atoms with E-state index < -0.39 is 0 Å². The zero-order chi connectivity index (χ0) is 18.4. The van der Waals surface area contributed by atoms with Crippen LogP contribution in [0.5, 0.6) is 0 Å². The highest BCUT2D eigenvalue weighted by molar-refractivity contribution is 9.10. The first-order valence-corrected chi connectivity index (χ1v) is 10.4. The summed E-state index contributed by atoms with van der Waals surface area (Å²) in [5.41, 5.74) is 2.21. The van der Waals surface area contributed by atoms with Crippen LogP contribution in [0.4, 0.5) is 0 Å². The summed E-state index contributed by atoms with van der Waals surface area (Å²) in [6.45, 7) is 2.12. The molecule has 1 heterocycles. The van der Waals surface area contributed by atoms with Gasteiger partial charge in [-0.25, -0.2) is 0 Å². The van der Waals surface area contributed by atoms with Gasteiger partial charge in [0.15, 0.2) is 5.82 Å². The molecule has 0 fully saturated rings. The second-order valence-electron chi connectivity index (χ2n) is 5.67. The van der Waals surface area contributed by atoms with Gasteiger partial charge in [-0.05, 0) is 41.8 Å². The molecule has 4 nitrogen and oxygen atoms in total. The topological polar surface area (TPSA) is 43.1 Å². The molecule has 7 heteroatoms. The number of benzene rings is 2. The fraction of sp³-hybridized carbons (Fsp3) is 0.211. The fourth-order valence-electron chi connectivity index (χ4n) is 2.28. The molecule has 26 heavy (non-hydrogen) atoms. The fourth-order valence-corrected chi connectivity index (χ4v) is 3.53. The summed E-state index contributed by atoms with van der Waals surface area (Å²) in [6.07, 6.45) is 3.64. The molecule has 0 amide bonds. The summed E-state index contributed by atoms with van der Waals surface area (Å²) in [7, 11) is 0. The monoisotopic (exact) mass is 448 g/mol. The van der Waals surface area contributed by atoms with Crippen LogP contribution in [0.2, 0.25) is 5.02 Å². The molecule has 0 saturated heterocycles. The van der Waals surface area contributed by atoms with Gasteiger partial charge in [0.25, 0.3) is 0 Å². The van der Waals surface area contributed by atoms with Gasteiger partial charge in [-0.1, -0.05) is 70.5 Å². The smallest absolute Gasteiger partial charge is 0.191 e. The van der Waals surface area contributed by atoms with Crippen molar-refractivity contribution in [2.24, 2.45) is 5.10 Å². The molecule has 3 rings (SSSR count). The normalized spacial score (nSPS) is 11.3. The average Bonchev–Trinajstić information content (AvgIpc) is 3.03. The number of nitrogens with zero attached hydrogens (tertiary/aromatic N) is 4. The van der Waals surface area contributed by atoms with E-state index in [1.165, 1.54) is 5.56 Å². The zero-order valence-corrected chi connectivity index (χ0v) is 17.4. The first-order valence-electron chi connectivity index (χ1n) is 8.27. The van der Waals surface area contributed by atoms with E-state index in [2.05, 4.69) is 50.3 Å². The summed E-state index contributed by atoms with van der Waals surface area (Å²) >= 11 is 11.0. The van der Waals surface area contributed by atoms with Gasteiger partial charge >= 0.3 is 0 Å². The van der Waals surface area contributed by atoms with Crippen molar-refractivity contribution in [2.45, 2.75) is 30.7 Å². The van der Waals surface area contributed by atoms with Crippen molar-refractivity contribution >= 4 is 45.5 Å². The maximum Gasteiger partial charge on any atom is 0.212 e. The summed E-state index contributed by atoms with van der Waals surface area (Å²) in [5, 5.41) is 14.7. The Morgan fingerprint density at radius 2 is 1.85 bits per heavy atom. The van der Waals surface area contributed by atoms with Crippen molar-refractivity contribution in [3.05, 3.63) is 75.0 Å². The van der Waals surface area contributed by atoms with Crippen molar-refractivity contribution in [3.8, 4) is 0 Å². The Balaban J connectivity index is 1.79. The lowest BCUT2D eigenvalue weighted by Crippen LogP contribution is -2.00. The lowest BCUT2D eigenvalue weighted by atomic mass is 10.2. The van der Waals surface area contributed by atoms with Crippen LogP contribution < -0.4 is 0 Å². The predicted molar refractivity (Wildman–Crippen MR) is 112 cm³/mol. The van der Waals surface area contributed by atoms with Crippen LogP contribution in [0, 0.1) is 0 Å². The van der Waals surface area contributed by atoms with Crippen LogP contribution in [0.25, 0.3) is 0 Å². The number of halogens is 2. The Bertz CT molecular complexity index is 876. The van der Waals surface area contributed by atoms with Gasteiger partial charge in [0.05, 0.1) is 6.21 Å². The van der Waals surface area contributed by atoms with Gasteiger partial charge in [0.2, 0.25) is 5.16 Å². The standard InChI is InChI=1S/C19H18BrClN4S/c1-2-3-18-23-24-19(26-13-15-4-8-16(20)9-5-15)25(18)22-12-14-6-10-17(21)11-7-14/h4-12H,2-3,13H2,1H3/b22-12+. The third kappa shape index (κ3) is 5.19. The SMILES string of the molecule is CCCc1nnc(SCc2ccc(Br)cc2)n1/N=C/c1ccc(Cl)cc1. The molecule has 0 spiro atoms. The van der Waals surface area contributed by atoms with E-state index in [9.17, 15) is 0 Å². The number of rotatable bonds is 7. The van der Waals surface area contributed by atoms with E-state index in [1.54, 1.807) is 11.8 Å². The summed E-state index contributed by atoms with van der Waals surface area (Å²) < 4.78 is 2.91. The molecular formula is C19H18BrClN4S. The third-order valence-corrected chi connectivity index (χ3v) is 5.39. The molecule has 0 aliphatic carbocycles. The highest BCUT2D eigenvalue weighted by Crippen LogP contribution is 2.23. The van der Waals surface area contributed by atoms with Crippen molar-refractivity contribution in [1.82, 2.24) is 14.9 Å². The Hall–Kier alpha value is -1.63. The summed E-state index contributed by atoms with van der Waals surface area (Å²) in [5.74, 6) is 1.68. The second-order valence-corrected chi connectivity index (χ2v) is 7.97. The largest absolute Gasteiger partial charge is 0.212 e. The molecule has 134 valence electrons. The first kappa shape index (κ1) is 19.1. The van der Waals surface area contributed by atoms with E-state index in [0.717, 1.165) is 39.6 Å². The molecule has 0 saturated carbocycles. The maximum absolute atomic E-state index is 5.94. The molecule has 3 aromatic rings. The predicted octanol–water partition coefficient (Wildman–Crippen LogP) is 5.82. The summed E-state index contributed by atoms with van der Waals surface area (Å²) in [4.78, 5) is 0. The number of aryl methyl sites for hydroxylation is 1. The minimum Gasteiger partial charge on any atom is -0.191 e. The van der Waals surface area contributed by atoms with E-state index in [4.69, 9.17) is 11.6 Å². The van der Waals surface area contributed by atoms with Crippen LogP contribution in [-0.2, 0) is 12.2 Å². The lowest BCUT2D eigenvalue weighted by molar-refractivity contribution is 0.700. The average molecular weight is 450 g/mol. The van der Waals surface area contributed by atoms with Gasteiger partial charge in [0.1, 0.15) is 0 Å². The minimum absolute atomic E-state index is 0.712. The van der Waals surface area contributed by atoms with Crippen LogP contribution in [0.15, 0.2) is 63.3 Å².